The van der Waals surface area contributed by atoms with E-state index in [0.717, 1.165) is 12.8 Å². The fourth-order valence-electron chi connectivity index (χ4n) is 2.24. The summed E-state index contributed by atoms with van der Waals surface area (Å²) in [6.45, 7) is 3.16. The molecule has 0 saturated carbocycles. The monoisotopic (exact) mass is 334 g/mol. The van der Waals surface area contributed by atoms with Crippen molar-refractivity contribution in [2.45, 2.75) is 26.4 Å². The summed E-state index contributed by atoms with van der Waals surface area (Å²) in [4.78, 5) is 27.3. The molecular weight excluding hydrogens is 312 g/mol. The number of aromatic nitrogens is 2. The lowest BCUT2D eigenvalue weighted by Crippen LogP contribution is -2.31. The van der Waals surface area contributed by atoms with Crippen LogP contribution in [0.5, 0.6) is 0 Å². The first-order valence-electron chi connectivity index (χ1n) is 7.92. The summed E-state index contributed by atoms with van der Waals surface area (Å²) in [5.74, 6) is 0.487. The third-order valence-electron chi connectivity index (χ3n) is 3.39. The van der Waals surface area contributed by atoms with E-state index in [0.29, 0.717) is 23.4 Å². The summed E-state index contributed by atoms with van der Waals surface area (Å²) in [5.41, 5.74) is 1.43. The molecule has 0 radical (unpaired) electrons. The Morgan fingerprint density at radius 3 is 2.79 bits per heavy atom. The molecule has 8 heteroatoms. The number of carboxylic acid groups (broad SMARTS) is 1. The Hall–Kier alpha value is -2.61. The van der Waals surface area contributed by atoms with Crippen molar-refractivity contribution in [1.82, 2.24) is 20.2 Å². The molecule has 0 aliphatic rings. The van der Waals surface area contributed by atoms with Crippen LogP contribution in [0.2, 0.25) is 0 Å². The van der Waals surface area contributed by atoms with E-state index < -0.39 is 6.09 Å². The topological polar surface area (TPSA) is 105 Å². The van der Waals surface area contributed by atoms with E-state index in [1.165, 1.54) is 4.57 Å². The number of fused-ring (bicyclic) bond motifs is 1. The highest BCUT2D eigenvalue weighted by Gasteiger charge is 2.16. The lowest BCUT2D eigenvalue weighted by atomic mass is 10.3. The Bertz CT molecular complexity index is 698. The van der Waals surface area contributed by atoms with Crippen molar-refractivity contribution in [3.63, 3.8) is 0 Å². The zero-order valence-corrected chi connectivity index (χ0v) is 13.6. The second kappa shape index (κ2) is 8.88. The molecule has 3 N–H and O–H groups in total. The first-order chi connectivity index (χ1) is 11.6. The molecule has 1 aromatic carbocycles. The van der Waals surface area contributed by atoms with Crippen LogP contribution in [0.1, 0.15) is 25.6 Å². The summed E-state index contributed by atoms with van der Waals surface area (Å²) in [5, 5.41) is 13.6. The van der Waals surface area contributed by atoms with E-state index in [-0.39, 0.29) is 25.8 Å². The number of rotatable bonds is 8. The number of nitrogens with one attached hydrogen (secondary N) is 2. The lowest BCUT2D eigenvalue weighted by molar-refractivity contribution is 0.114. The number of hydrogen-bond acceptors (Lipinski definition) is 4. The van der Waals surface area contributed by atoms with Crippen molar-refractivity contribution in [3.8, 4) is 0 Å². The predicted octanol–water partition coefficient (Wildman–Crippen LogP) is 2.18. The van der Waals surface area contributed by atoms with Crippen LogP contribution < -0.4 is 10.6 Å². The molecule has 1 heterocycles. The highest BCUT2D eigenvalue weighted by molar-refractivity contribution is 5.90. The summed E-state index contributed by atoms with van der Waals surface area (Å²) < 4.78 is 6.94. The Kier molecular flexibility index (Phi) is 6.56. The van der Waals surface area contributed by atoms with Gasteiger partial charge in [-0.15, -0.1) is 0 Å². The van der Waals surface area contributed by atoms with Gasteiger partial charge in [0.2, 0.25) is 0 Å². The number of unbranched alkanes of at least 4 members (excludes halogenated alkanes) is 1. The minimum absolute atomic E-state index is 0.122. The van der Waals surface area contributed by atoms with Crippen molar-refractivity contribution in [1.29, 1.82) is 0 Å². The van der Waals surface area contributed by atoms with E-state index in [4.69, 9.17) is 9.84 Å². The molecule has 0 atom stereocenters. The average molecular weight is 334 g/mol. The average Bonchev–Trinajstić information content (AvgIpc) is 2.92. The number of benzene rings is 1. The summed E-state index contributed by atoms with van der Waals surface area (Å²) >= 11 is 0. The number of para-hydroxylation sites is 2. The highest BCUT2D eigenvalue weighted by Crippen LogP contribution is 2.16. The number of amides is 2. The van der Waals surface area contributed by atoms with Crippen LogP contribution in [0.25, 0.3) is 11.0 Å². The van der Waals surface area contributed by atoms with Gasteiger partial charge in [-0.3, -0.25) is 0 Å². The maximum absolute atomic E-state index is 12.5. The van der Waals surface area contributed by atoms with Gasteiger partial charge in [-0.05, 0) is 18.6 Å². The molecule has 0 bridgehead atoms. The Morgan fingerprint density at radius 2 is 2.04 bits per heavy atom. The SMILES string of the molecule is CCCCNC(=O)n1c(COCCNC(=O)O)nc2ccccc21. The molecule has 2 aromatic rings. The molecule has 0 aliphatic carbocycles. The molecule has 0 fully saturated rings. The minimum atomic E-state index is -1.10. The van der Waals surface area contributed by atoms with Crippen molar-refractivity contribution in [3.05, 3.63) is 30.1 Å². The molecule has 0 aliphatic heterocycles. The minimum Gasteiger partial charge on any atom is -0.465 e. The maximum atomic E-state index is 12.5. The van der Waals surface area contributed by atoms with Crippen LogP contribution in [-0.4, -0.2) is 46.5 Å². The van der Waals surface area contributed by atoms with Crippen LogP contribution >= 0.6 is 0 Å². The third-order valence-corrected chi connectivity index (χ3v) is 3.39. The van der Waals surface area contributed by atoms with Gasteiger partial charge in [0.15, 0.2) is 0 Å². The van der Waals surface area contributed by atoms with Crippen LogP contribution in [0.3, 0.4) is 0 Å². The van der Waals surface area contributed by atoms with Crippen molar-refractivity contribution >= 4 is 23.2 Å². The molecule has 0 spiro atoms. The standard InChI is InChI=1S/C16H22N4O4/c1-2-3-8-17-15(21)20-13-7-5-4-6-12(13)19-14(20)11-24-10-9-18-16(22)23/h4-7,18H,2-3,8-11H2,1H3,(H,17,21)(H,22,23). The van der Waals surface area contributed by atoms with Crippen molar-refractivity contribution in [2.24, 2.45) is 0 Å². The van der Waals surface area contributed by atoms with E-state index in [2.05, 4.69) is 22.5 Å². The molecule has 8 nitrogen and oxygen atoms in total. The van der Waals surface area contributed by atoms with Gasteiger partial charge < -0.3 is 20.5 Å². The number of hydrogen-bond donors (Lipinski definition) is 3. The van der Waals surface area contributed by atoms with Gasteiger partial charge in [0.25, 0.3) is 0 Å². The van der Waals surface area contributed by atoms with Crippen LogP contribution in [0.15, 0.2) is 24.3 Å². The number of ether oxygens (including phenoxy) is 1. The fourth-order valence-corrected chi connectivity index (χ4v) is 2.24. The van der Waals surface area contributed by atoms with Crippen LogP contribution in [0.4, 0.5) is 9.59 Å². The molecule has 2 rings (SSSR count). The maximum Gasteiger partial charge on any atom is 0.404 e. The van der Waals surface area contributed by atoms with Gasteiger partial charge in [-0.2, -0.15) is 0 Å². The molecule has 2 amide bonds. The number of imidazole rings is 1. The molecule has 130 valence electrons. The second-order valence-electron chi connectivity index (χ2n) is 5.22. The van der Waals surface area contributed by atoms with E-state index in [9.17, 15) is 9.59 Å². The lowest BCUT2D eigenvalue weighted by Gasteiger charge is -2.10. The Labute approximate surface area is 139 Å². The summed E-state index contributed by atoms with van der Waals surface area (Å²) in [6, 6.07) is 7.13. The Morgan fingerprint density at radius 1 is 1.25 bits per heavy atom. The van der Waals surface area contributed by atoms with Crippen LogP contribution in [-0.2, 0) is 11.3 Å². The first kappa shape index (κ1) is 17.7. The third kappa shape index (κ3) is 4.69. The normalized spacial score (nSPS) is 10.7. The van der Waals surface area contributed by atoms with Gasteiger partial charge >= 0.3 is 12.1 Å². The predicted molar refractivity (Wildman–Crippen MR) is 89.1 cm³/mol. The molecule has 0 saturated heterocycles. The Balaban J connectivity index is 2.08. The molecule has 1 aromatic heterocycles. The number of carbonyl (C=O) groups excluding carboxylic acids is 1. The van der Waals surface area contributed by atoms with Gasteiger partial charge in [-0.25, -0.2) is 19.1 Å². The summed E-state index contributed by atoms with van der Waals surface area (Å²) in [6.07, 6.45) is 0.809. The zero-order chi connectivity index (χ0) is 17.4. The van der Waals surface area contributed by atoms with Gasteiger partial charge in [0.05, 0.1) is 17.6 Å². The van der Waals surface area contributed by atoms with Crippen LogP contribution in [0, 0.1) is 0 Å². The molecule has 0 unspecified atom stereocenters. The highest BCUT2D eigenvalue weighted by atomic mass is 16.5. The summed E-state index contributed by atoms with van der Waals surface area (Å²) in [7, 11) is 0. The molecular formula is C16H22N4O4. The van der Waals surface area contributed by atoms with E-state index in [1.54, 1.807) is 0 Å². The van der Waals surface area contributed by atoms with Crippen molar-refractivity contribution < 1.29 is 19.4 Å². The quantitative estimate of drug-likeness (QED) is 0.642. The van der Waals surface area contributed by atoms with Gasteiger partial charge in [-0.1, -0.05) is 25.5 Å². The number of carbonyl (C=O) groups is 2. The number of nitrogens with zero attached hydrogens (tertiary/aromatic N) is 2. The fraction of sp³-hybridized carbons (Fsp3) is 0.438. The van der Waals surface area contributed by atoms with Gasteiger partial charge in [0, 0.05) is 13.1 Å². The molecule has 24 heavy (non-hydrogen) atoms. The first-order valence-corrected chi connectivity index (χ1v) is 7.92. The smallest absolute Gasteiger partial charge is 0.404 e. The largest absolute Gasteiger partial charge is 0.465 e. The van der Waals surface area contributed by atoms with E-state index >= 15 is 0 Å². The van der Waals surface area contributed by atoms with Crippen molar-refractivity contribution in [2.75, 3.05) is 19.7 Å². The zero-order valence-electron chi connectivity index (χ0n) is 13.6. The second-order valence-corrected chi connectivity index (χ2v) is 5.22. The van der Waals surface area contributed by atoms with Gasteiger partial charge in [0.1, 0.15) is 12.4 Å². The van der Waals surface area contributed by atoms with E-state index in [1.807, 2.05) is 24.3 Å².